The first kappa shape index (κ1) is 20.9. The zero-order chi connectivity index (χ0) is 23.1. The number of ether oxygens (including phenoxy) is 1. The predicted octanol–water partition coefficient (Wildman–Crippen LogP) is 4.13. The van der Waals surface area contributed by atoms with Gasteiger partial charge in [-0.1, -0.05) is 26.0 Å². The van der Waals surface area contributed by atoms with Crippen LogP contribution in [0.1, 0.15) is 39.2 Å². The van der Waals surface area contributed by atoms with Crippen molar-refractivity contribution in [3.63, 3.8) is 0 Å². The van der Waals surface area contributed by atoms with Crippen molar-refractivity contribution in [1.29, 1.82) is 0 Å². The van der Waals surface area contributed by atoms with Crippen LogP contribution in [0.3, 0.4) is 0 Å². The summed E-state index contributed by atoms with van der Waals surface area (Å²) in [5.74, 6) is 2.06. The maximum absolute atomic E-state index is 6.75. The molecule has 1 saturated heterocycles. The minimum absolute atomic E-state index is 0.142. The highest BCUT2D eigenvalue weighted by Crippen LogP contribution is 2.65. The third-order valence-corrected chi connectivity index (χ3v) is 8.77. The van der Waals surface area contributed by atoms with E-state index in [9.17, 15) is 0 Å². The number of aryl methyl sites for hydroxylation is 1. The van der Waals surface area contributed by atoms with Gasteiger partial charge in [-0.3, -0.25) is 0 Å². The second-order valence-corrected chi connectivity index (χ2v) is 10.7. The van der Waals surface area contributed by atoms with Crippen LogP contribution in [0.5, 0.6) is 5.75 Å². The van der Waals surface area contributed by atoms with Crippen molar-refractivity contribution in [2.75, 3.05) is 12.8 Å². The van der Waals surface area contributed by atoms with Crippen LogP contribution >= 0.6 is 0 Å². The summed E-state index contributed by atoms with van der Waals surface area (Å²) in [5.41, 5.74) is 11.6. The first-order valence-electron chi connectivity index (χ1n) is 11.8. The number of methoxy groups -OCH3 is 1. The Kier molecular flexibility index (Phi) is 4.40. The summed E-state index contributed by atoms with van der Waals surface area (Å²) in [6.07, 6.45) is 4.03. The lowest BCUT2D eigenvalue weighted by molar-refractivity contribution is -0.199. The quantitative estimate of drug-likeness (QED) is 0.614. The number of hydrogen-bond donors (Lipinski definition) is 1. The molecule has 33 heavy (non-hydrogen) atoms. The smallest absolute Gasteiger partial charge is 0.494 e. The number of nitrogens with two attached hydrogens (primary N) is 1. The first-order valence-corrected chi connectivity index (χ1v) is 11.8. The highest BCUT2D eigenvalue weighted by molar-refractivity contribution is 6.62. The molecular weight excluding hydrogens is 413 g/mol. The number of benzene rings is 2. The Morgan fingerprint density at radius 1 is 1.15 bits per heavy atom. The van der Waals surface area contributed by atoms with Crippen LogP contribution in [0.15, 0.2) is 36.5 Å². The van der Waals surface area contributed by atoms with E-state index in [1.54, 1.807) is 13.3 Å². The van der Waals surface area contributed by atoms with Crippen LogP contribution in [-0.4, -0.2) is 36.1 Å². The summed E-state index contributed by atoms with van der Waals surface area (Å²) >= 11 is 0. The molecule has 1 aliphatic heterocycles. The highest BCUT2D eigenvalue weighted by Gasteiger charge is 2.68. The molecule has 3 saturated carbocycles. The van der Waals surface area contributed by atoms with Crippen LogP contribution in [-0.2, 0) is 9.31 Å². The Hall–Kier alpha value is -2.64. The van der Waals surface area contributed by atoms with E-state index >= 15 is 0 Å². The van der Waals surface area contributed by atoms with Crippen LogP contribution in [0.2, 0.25) is 0 Å². The largest absolute Gasteiger partial charge is 0.496 e. The number of anilines is 1. The molecule has 4 atom stereocenters. The van der Waals surface area contributed by atoms with Gasteiger partial charge in [0.2, 0.25) is 0 Å². The standard InChI is InChI=1S/C26H30BN3O3/c1-14-8-22(31-5)18(15-6-7-17-20(28)13-29-30-21(17)9-15)12-19(14)27-32-24-11-16-10-23(25(16,2)3)26(24,4)33-27/h6-9,12-13,16,23-24H,10-11H2,1-5H3,(H2,28,30)/t16-,23-,24+,26-/m0/s1. The van der Waals surface area contributed by atoms with Crippen molar-refractivity contribution >= 4 is 29.2 Å². The predicted molar refractivity (Wildman–Crippen MR) is 130 cm³/mol. The Balaban J connectivity index is 1.41. The van der Waals surface area contributed by atoms with Crippen molar-refractivity contribution in [2.24, 2.45) is 17.3 Å². The molecule has 0 unspecified atom stereocenters. The van der Waals surface area contributed by atoms with E-state index in [0.717, 1.165) is 51.1 Å². The topological polar surface area (TPSA) is 79.5 Å². The second-order valence-electron chi connectivity index (χ2n) is 10.7. The monoisotopic (exact) mass is 443 g/mol. The lowest BCUT2D eigenvalue weighted by atomic mass is 9.43. The van der Waals surface area contributed by atoms with Gasteiger partial charge in [0.25, 0.3) is 0 Å². The van der Waals surface area contributed by atoms with Gasteiger partial charge in [0.1, 0.15) is 5.75 Å². The lowest BCUT2D eigenvalue weighted by Crippen LogP contribution is -2.65. The molecule has 0 amide bonds. The molecule has 7 rings (SSSR count). The highest BCUT2D eigenvalue weighted by atomic mass is 16.7. The fourth-order valence-corrected chi connectivity index (χ4v) is 6.59. The molecule has 2 N–H and O–H groups in total. The lowest BCUT2D eigenvalue weighted by Gasteiger charge is -2.64. The van der Waals surface area contributed by atoms with Gasteiger partial charge in [-0.2, -0.15) is 10.2 Å². The van der Waals surface area contributed by atoms with Gasteiger partial charge in [0.05, 0.1) is 36.2 Å². The summed E-state index contributed by atoms with van der Waals surface area (Å²) in [6, 6.07) is 10.3. The molecular formula is C26H30BN3O3. The molecule has 0 radical (unpaired) electrons. The third-order valence-electron chi connectivity index (χ3n) is 8.77. The third kappa shape index (κ3) is 2.88. The van der Waals surface area contributed by atoms with Gasteiger partial charge in [0.15, 0.2) is 0 Å². The van der Waals surface area contributed by atoms with Crippen molar-refractivity contribution in [3.8, 4) is 16.9 Å². The molecule has 2 bridgehead atoms. The van der Waals surface area contributed by atoms with Gasteiger partial charge < -0.3 is 19.8 Å². The molecule has 4 aliphatic rings. The molecule has 0 spiro atoms. The number of rotatable bonds is 3. The molecule has 4 fully saturated rings. The Labute approximate surface area is 195 Å². The number of hydrogen-bond acceptors (Lipinski definition) is 6. The average molecular weight is 443 g/mol. The molecule has 3 aliphatic carbocycles. The molecule has 2 heterocycles. The Morgan fingerprint density at radius 3 is 2.73 bits per heavy atom. The van der Waals surface area contributed by atoms with E-state index < -0.39 is 0 Å². The molecule has 3 aromatic rings. The van der Waals surface area contributed by atoms with E-state index in [-0.39, 0.29) is 18.8 Å². The number of nitrogen functional groups attached to an aromatic ring is 1. The molecule has 6 nitrogen and oxygen atoms in total. The first-order chi connectivity index (χ1) is 15.7. The zero-order valence-electron chi connectivity index (χ0n) is 19.9. The minimum Gasteiger partial charge on any atom is -0.496 e. The Bertz CT molecular complexity index is 1280. The molecule has 170 valence electrons. The molecule has 2 aromatic carbocycles. The summed E-state index contributed by atoms with van der Waals surface area (Å²) in [6.45, 7) is 9.12. The van der Waals surface area contributed by atoms with Gasteiger partial charge in [-0.15, -0.1) is 0 Å². The Morgan fingerprint density at radius 2 is 1.97 bits per heavy atom. The normalized spacial score (nSPS) is 29.6. The summed E-state index contributed by atoms with van der Waals surface area (Å²) in [4.78, 5) is 0. The maximum Gasteiger partial charge on any atom is 0.494 e. The van der Waals surface area contributed by atoms with Crippen molar-refractivity contribution in [1.82, 2.24) is 10.2 Å². The maximum atomic E-state index is 6.75. The fourth-order valence-electron chi connectivity index (χ4n) is 6.59. The van der Waals surface area contributed by atoms with Crippen LogP contribution in [0.4, 0.5) is 5.69 Å². The van der Waals surface area contributed by atoms with Crippen LogP contribution < -0.4 is 15.9 Å². The van der Waals surface area contributed by atoms with Crippen LogP contribution in [0, 0.1) is 24.2 Å². The van der Waals surface area contributed by atoms with Gasteiger partial charge in [-0.05, 0) is 78.7 Å². The van der Waals surface area contributed by atoms with E-state index in [2.05, 4.69) is 50.0 Å². The van der Waals surface area contributed by atoms with Gasteiger partial charge in [0, 0.05) is 10.9 Å². The SMILES string of the molecule is COc1cc(C)c(B2O[C@@H]3C[C@@H]4C[C@@H](C4(C)C)[C@]3(C)O2)cc1-c1ccc2c(N)cnnc2c1. The molecule has 1 aromatic heterocycles. The van der Waals surface area contributed by atoms with E-state index in [0.29, 0.717) is 17.0 Å². The molecule has 7 heteroatoms. The van der Waals surface area contributed by atoms with Crippen molar-refractivity contribution in [3.05, 3.63) is 42.1 Å². The van der Waals surface area contributed by atoms with Crippen molar-refractivity contribution < 1.29 is 14.0 Å². The van der Waals surface area contributed by atoms with E-state index in [1.807, 2.05) is 18.2 Å². The summed E-state index contributed by atoms with van der Waals surface area (Å²) in [5, 5.41) is 9.17. The van der Waals surface area contributed by atoms with Crippen molar-refractivity contribution in [2.45, 2.75) is 52.2 Å². The van der Waals surface area contributed by atoms with Crippen LogP contribution in [0.25, 0.3) is 22.0 Å². The van der Waals surface area contributed by atoms with Gasteiger partial charge in [-0.25, -0.2) is 0 Å². The average Bonchev–Trinajstić information content (AvgIpc) is 3.15. The summed E-state index contributed by atoms with van der Waals surface area (Å²) in [7, 11) is 1.32. The second kappa shape index (κ2) is 6.94. The number of aromatic nitrogens is 2. The minimum atomic E-state index is -0.379. The summed E-state index contributed by atoms with van der Waals surface area (Å²) < 4.78 is 19.1. The van der Waals surface area contributed by atoms with E-state index in [1.165, 1.54) is 6.42 Å². The zero-order valence-corrected chi connectivity index (χ0v) is 19.9. The number of fused-ring (bicyclic) bond motifs is 1. The number of nitrogens with zero attached hydrogens (tertiary/aromatic N) is 2. The fraction of sp³-hybridized carbons (Fsp3) is 0.462. The van der Waals surface area contributed by atoms with E-state index in [4.69, 9.17) is 19.8 Å². The van der Waals surface area contributed by atoms with Gasteiger partial charge >= 0.3 is 7.12 Å².